The minimum absolute atomic E-state index is 0.161. The fourth-order valence-corrected chi connectivity index (χ4v) is 3.91. The fourth-order valence-electron chi connectivity index (χ4n) is 2.22. The van der Waals surface area contributed by atoms with Gasteiger partial charge in [0.2, 0.25) is 11.8 Å². The Hall–Kier alpha value is -1.40. The van der Waals surface area contributed by atoms with Crippen molar-refractivity contribution >= 4 is 45.8 Å². The van der Waals surface area contributed by atoms with Crippen molar-refractivity contribution in [1.82, 2.24) is 4.90 Å². The van der Waals surface area contributed by atoms with E-state index in [9.17, 15) is 9.59 Å². The monoisotopic (exact) mass is 322 g/mol. The van der Waals surface area contributed by atoms with E-state index in [1.807, 2.05) is 36.9 Å². The van der Waals surface area contributed by atoms with E-state index >= 15 is 0 Å². The number of hydrogen-bond donors (Lipinski definition) is 0. The third-order valence-corrected chi connectivity index (χ3v) is 5.04. The molecule has 6 heteroatoms. The topological polar surface area (TPSA) is 40.6 Å². The highest BCUT2D eigenvalue weighted by atomic mass is 32.2. The van der Waals surface area contributed by atoms with Crippen LogP contribution in [0, 0.1) is 0 Å². The summed E-state index contributed by atoms with van der Waals surface area (Å²) in [7, 11) is 0. The van der Waals surface area contributed by atoms with Gasteiger partial charge in [0.1, 0.15) is 9.57 Å². The van der Waals surface area contributed by atoms with Crippen LogP contribution in [0.4, 0.5) is 5.69 Å². The average Bonchev–Trinajstić information content (AvgIpc) is 2.75. The maximum Gasteiger partial charge on any atom is 0.247 e. The molecule has 1 aliphatic heterocycles. The van der Waals surface area contributed by atoms with Gasteiger partial charge in [-0.25, -0.2) is 4.90 Å². The summed E-state index contributed by atoms with van der Waals surface area (Å²) in [6.45, 7) is 5.65. The van der Waals surface area contributed by atoms with E-state index in [0.717, 1.165) is 13.1 Å². The van der Waals surface area contributed by atoms with Gasteiger partial charge in [-0.1, -0.05) is 42.2 Å². The lowest BCUT2D eigenvalue weighted by atomic mass is 10.3. The lowest BCUT2D eigenvalue weighted by Crippen LogP contribution is -2.33. The summed E-state index contributed by atoms with van der Waals surface area (Å²) in [5.74, 6) is -0.336. The first kappa shape index (κ1) is 16.0. The number of thiocarbonyl (C=S) groups is 1. The van der Waals surface area contributed by atoms with Crippen LogP contribution in [0.25, 0.3) is 0 Å². The molecule has 0 N–H and O–H groups in total. The number of imide groups is 1. The second kappa shape index (κ2) is 7.04. The van der Waals surface area contributed by atoms with Crippen LogP contribution in [0.15, 0.2) is 30.3 Å². The van der Waals surface area contributed by atoms with Crippen molar-refractivity contribution in [3.63, 3.8) is 0 Å². The van der Waals surface area contributed by atoms with Crippen molar-refractivity contribution in [2.24, 2.45) is 0 Å². The molecular weight excluding hydrogens is 304 g/mol. The van der Waals surface area contributed by atoms with Crippen LogP contribution < -0.4 is 4.90 Å². The standard InChI is InChI=1S/C15H18N2O2S2/c1-3-16(4-2)15(20)21-12-10-13(18)17(14(12)19)11-8-6-5-7-9-11/h5-9,12H,3-4,10H2,1-2H3. The maximum absolute atomic E-state index is 12.5. The molecule has 0 aromatic heterocycles. The van der Waals surface area contributed by atoms with E-state index < -0.39 is 5.25 Å². The summed E-state index contributed by atoms with van der Waals surface area (Å²) < 4.78 is 0.682. The summed E-state index contributed by atoms with van der Waals surface area (Å²) >= 11 is 6.68. The Balaban J connectivity index is 2.10. The predicted octanol–water partition coefficient (Wildman–Crippen LogP) is 2.68. The highest BCUT2D eigenvalue weighted by Crippen LogP contribution is 2.30. The SMILES string of the molecule is CCN(CC)C(=S)SC1CC(=O)N(c2ccccc2)C1=O. The Bertz CT molecular complexity index is 544. The molecule has 1 aromatic rings. The van der Waals surface area contributed by atoms with Crippen LogP contribution in [0.3, 0.4) is 0 Å². The van der Waals surface area contributed by atoms with Crippen molar-refractivity contribution in [2.45, 2.75) is 25.5 Å². The molecule has 112 valence electrons. The number of hydrogen-bond acceptors (Lipinski definition) is 4. The van der Waals surface area contributed by atoms with Gasteiger partial charge in [0, 0.05) is 19.5 Å². The highest BCUT2D eigenvalue weighted by Gasteiger charge is 2.40. The molecule has 0 spiro atoms. The molecule has 2 amide bonds. The van der Waals surface area contributed by atoms with Gasteiger partial charge in [0.15, 0.2) is 0 Å². The zero-order valence-corrected chi connectivity index (χ0v) is 13.7. The molecule has 1 fully saturated rings. The van der Waals surface area contributed by atoms with Crippen LogP contribution in [0.2, 0.25) is 0 Å². The number of amides is 2. The first-order chi connectivity index (χ1) is 10.1. The molecule has 2 rings (SSSR count). The van der Waals surface area contributed by atoms with Crippen molar-refractivity contribution < 1.29 is 9.59 Å². The molecule has 0 radical (unpaired) electrons. The minimum Gasteiger partial charge on any atom is -0.358 e. The molecule has 1 heterocycles. The third-order valence-electron chi connectivity index (χ3n) is 3.38. The summed E-state index contributed by atoms with van der Waals surface area (Å²) in [6.07, 6.45) is 0.208. The van der Waals surface area contributed by atoms with Gasteiger partial charge in [-0.3, -0.25) is 9.59 Å². The van der Waals surface area contributed by atoms with E-state index in [4.69, 9.17) is 12.2 Å². The zero-order valence-electron chi connectivity index (χ0n) is 12.1. The molecule has 0 bridgehead atoms. The maximum atomic E-state index is 12.5. The molecule has 1 unspecified atom stereocenters. The van der Waals surface area contributed by atoms with E-state index in [-0.39, 0.29) is 18.2 Å². The molecule has 21 heavy (non-hydrogen) atoms. The Morgan fingerprint density at radius 3 is 2.48 bits per heavy atom. The summed E-state index contributed by atoms with van der Waals surface area (Å²) in [4.78, 5) is 27.9. The molecule has 0 saturated carbocycles. The Labute approximate surface area is 134 Å². The van der Waals surface area contributed by atoms with E-state index in [2.05, 4.69) is 0 Å². The summed E-state index contributed by atoms with van der Waals surface area (Å²) in [6, 6.07) is 9.03. The van der Waals surface area contributed by atoms with Crippen LogP contribution in [-0.2, 0) is 9.59 Å². The van der Waals surface area contributed by atoms with Crippen LogP contribution in [0.5, 0.6) is 0 Å². The molecule has 1 atom stereocenters. The van der Waals surface area contributed by atoms with Gasteiger partial charge >= 0.3 is 0 Å². The Morgan fingerprint density at radius 2 is 1.90 bits per heavy atom. The number of benzene rings is 1. The summed E-state index contributed by atoms with van der Waals surface area (Å²) in [5, 5.41) is -0.411. The number of rotatable bonds is 4. The predicted molar refractivity (Wildman–Crippen MR) is 90.5 cm³/mol. The van der Waals surface area contributed by atoms with E-state index in [0.29, 0.717) is 10.0 Å². The molecule has 4 nitrogen and oxygen atoms in total. The van der Waals surface area contributed by atoms with Crippen molar-refractivity contribution in [2.75, 3.05) is 18.0 Å². The first-order valence-corrected chi connectivity index (χ1v) is 8.24. The van der Waals surface area contributed by atoms with Crippen molar-refractivity contribution in [3.8, 4) is 0 Å². The van der Waals surface area contributed by atoms with Crippen LogP contribution in [0.1, 0.15) is 20.3 Å². The second-order valence-electron chi connectivity index (χ2n) is 4.65. The largest absolute Gasteiger partial charge is 0.358 e. The summed E-state index contributed by atoms with van der Waals surface area (Å²) in [5.41, 5.74) is 0.629. The van der Waals surface area contributed by atoms with E-state index in [1.54, 1.807) is 12.1 Å². The van der Waals surface area contributed by atoms with Gasteiger partial charge in [-0.05, 0) is 26.0 Å². The van der Waals surface area contributed by atoms with Gasteiger partial charge in [0.25, 0.3) is 0 Å². The lowest BCUT2D eigenvalue weighted by Gasteiger charge is -2.22. The first-order valence-electron chi connectivity index (χ1n) is 6.95. The smallest absolute Gasteiger partial charge is 0.247 e. The molecule has 0 aliphatic carbocycles. The number of para-hydroxylation sites is 1. The average molecular weight is 322 g/mol. The number of carbonyl (C=O) groups excluding carboxylic acids is 2. The second-order valence-corrected chi connectivity index (χ2v) is 6.49. The number of anilines is 1. The minimum atomic E-state index is -0.411. The molecule has 1 aromatic carbocycles. The molecular formula is C15H18N2O2S2. The highest BCUT2D eigenvalue weighted by molar-refractivity contribution is 8.23. The number of thioether (sulfide) groups is 1. The van der Waals surface area contributed by atoms with Gasteiger partial charge in [-0.2, -0.15) is 0 Å². The fraction of sp³-hybridized carbons (Fsp3) is 0.400. The van der Waals surface area contributed by atoms with Crippen molar-refractivity contribution in [3.05, 3.63) is 30.3 Å². The van der Waals surface area contributed by atoms with Gasteiger partial charge in [-0.15, -0.1) is 0 Å². The third kappa shape index (κ3) is 3.44. The lowest BCUT2D eigenvalue weighted by molar-refractivity contribution is -0.121. The van der Waals surface area contributed by atoms with Crippen LogP contribution in [-0.4, -0.2) is 39.4 Å². The van der Waals surface area contributed by atoms with Gasteiger partial charge in [0.05, 0.1) is 5.69 Å². The quantitative estimate of drug-likeness (QED) is 0.630. The molecule has 1 aliphatic rings. The number of carbonyl (C=O) groups is 2. The van der Waals surface area contributed by atoms with Crippen LogP contribution >= 0.6 is 24.0 Å². The zero-order chi connectivity index (χ0) is 15.4. The Kier molecular flexibility index (Phi) is 5.36. The number of nitrogens with zero attached hydrogens (tertiary/aromatic N) is 2. The normalized spacial score (nSPS) is 18.2. The Morgan fingerprint density at radius 1 is 1.29 bits per heavy atom. The van der Waals surface area contributed by atoms with E-state index in [1.165, 1.54) is 16.7 Å². The van der Waals surface area contributed by atoms with Gasteiger partial charge < -0.3 is 4.90 Å². The molecule has 1 saturated heterocycles. The van der Waals surface area contributed by atoms with Crippen molar-refractivity contribution in [1.29, 1.82) is 0 Å².